The predicted molar refractivity (Wildman–Crippen MR) is 78.3 cm³/mol. The van der Waals surface area contributed by atoms with Crippen LogP contribution >= 0.6 is 11.5 Å². The Hall–Kier alpha value is -2.02. The van der Waals surface area contributed by atoms with E-state index in [-0.39, 0.29) is 5.91 Å². The molecule has 0 aliphatic carbocycles. The van der Waals surface area contributed by atoms with E-state index in [1.807, 2.05) is 13.0 Å². The van der Waals surface area contributed by atoms with Gasteiger partial charge in [-0.3, -0.25) is 4.79 Å². The van der Waals surface area contributed by atoms with Gasteiger partial charge in [-0.1, -0.05) is 0 Å². The lowest BCUT2D eigenvalue weighted by atomic mass is 10.3. The fourth-order valence-corrected chi connectivity index (χ4v) is 2.85. The van der Waals surface area contributed by atoms with Gasteiger partial charge >= 0.3 is 0 Å². The molecule has 0 bridgehead atoms. The molecule has 0 atom stereocenters. The molecule has 2 aromatic heterocycles. The van der Waals surface area contributed by atoms with Gasteiger partial charge in [-0.25, -0.2) is 9.97 Å². The molecule has 0 saturated carbocycles. The Kier molecular flexibility index (Phi) is 3.60. The molecule has 1 fully saturated rings. The third-order valence-corrected chi connectivity index (χ3v) is 3.98. The van der Waals surface area contributed by atoms with Crippen molar-refractivity contribution in [3.63, 3.8) is 0 Å². The molecular weight excluding hydrogens is 274 g/mol. The standard InChI is InChI=1S/C13H15N5OS/c1-9-6-12(20-17-9)16-13(19)10-7-11(15-8-14-10)18-4-2-3-5-18/h6-8H,2-5H2,1H3,(H,16,19). The summed E-state index contributed by atoms with van der Waals surface area (Å²) in [5, 5.41) is 3.54. The van der Waals surface area contributed by atoms with Gasteiger partial charge in [0.1, 0.15) is 22.8 Å². The van der Waals surface area contributed by atoms with Crippen LogP contribution in [0, 0.1) is 6.92 Å². The molecule has 3 rings (SSSR count). The van der Waals surface area contributed by atoms with Crippen LogP contribution in [0.5, 0.6) is 0 Å². The molecule has 20 heavy (non-hydrogen) atoms. The van der Waals surface area contributed by atoms with Crippen molar-refractivity contribution in [2.75, 3.05) is 23.3 Å². The van der Waals surface area contributed by atoms with Gasteiger partial charge in [0.05, 0.1) is 5.69 Å². The van der Waals surface area contributed by atoms with E-state index in [0.29, 0.717) is 5.69 Å². The SMILES string of the molecule is Cc1cc(NC(=O)c2cc(N3CCCC3)ncn2)sn1. The number of rotatable bonds is 3. The highest BCUT2D eigenvalue weighted by Crippen LogP contribution is 2.19. The zero-order valence-electron chi connectivity index (χ0n) is 11.2. The van der Waals surface area contributed by atoms with E-state index in [1.165, 1.54) is 30.7 Å². The molecule has 1 aliphatic rings. The van der Waals surface area contributed by atoms with Crippen molar-refractivity contribution in [2.45, 2.75) is 19.8 Å². The summed E-state index contributed by atoms with van der Waals surface area (Å²) in [5.41, 5.74) is 1.28. The largest absolute Gasteiger partial charge is 0.357 e. The van der Waals surface area contributed by atoms with Crippen LogP contribution in [0.15, 0.2) is 18.5 Å². The Bertz CT molecular complexity index is 621. The summed E-state index contributed by atoms with van der Waals surface area (Å²) in [6, 6.07) is 3.58. The lowest BCUT2D eigenvalue weighted by Crippen LogP contribution is -2.21. The lowest BCUT2D eigenvalue weighted by Gasteiger charge is -2.16. The smallest absolute Gasteiger partial charge is 0.275 e. The van der Waals surface area contributed by atoms with Crippen molar-refractivity contribution in [1.29, 1.82) is 0 Å². The van der Waals surface area contributed by atoms with Crippen molar-refractivity contribution in [3.05, 3.63) is 29.8 Å². The Balaban J connectivity index is 1.75. The number of nitrogens with one attached hydrogen (secondary N) is 1. The number of nitrogens with zero attached hydrogens (tertiary/aromatic N) is 4. The van der Waals surface area contributed by atoms with Crippen LogP contribution in [-0.4, -0.2) is 33.3 Å². The van der Waals surface area contributed by atoms with Gasteiger partial charge in [0.25, 0.3) is 5.91 Å². The molecule has 1 aliphatic heterocycles. The number of hydrogen-bond acceptors (Lipinski definition) is 6. The first-order chi connectivity index (χ1) is 9.72. The minimum atomic E-state index is -0.225. The van der Waals surface area contributed by atoms with E-state index in [0.717, 1.165) is 29.6 Å². The second-order valence-electron chi connectivity index (χ2n) is 4.74. The summed E-state index contributed by atoms with van der Waals surface area (Å²) in [6.45, 7) is 3.88. The summed E-state index contributed by atoms with van der Waals surface area (Å²) < 4.78 is 4.13. The van der Waals surface area contributed by atoms with E-state index in [4.69, 9.17) is 0 Å². The van der Waals surface area contributed by atoms with E-state index in [1.54, 1.807) is 6.07 Å². The second kappa shape index (κ2) is 5.54. The first kappa shape index (κ1) is 13.0. The summed E-state index contributed by atoms with van der Waals surface area (Å²) in [7, 11) is 0. The highest BCUT2D eigenvalue weighted by atomic mass is 32.1. The van der Waals surface area contributed by atoms with E-state index in [9.17, 15) is 4.79 Å². The molecule has 104 valence electrons. The normalized spacial score (nSPS) is 14.6. The van der Waals surface area contributed by atoms with Crippen LogP contribution in [0.3, 0.4) is 0 Å². The van der Waals surface area contributed by atoms with E-state index in [2.05, 4.69) is 24.6 Å². The zero-order valence-corrected chi connectivity index (χ0v) is 12.0. The third-order valence-electron chi connectivity index (χ3n) is 3.18. The van der Waals surface area contributed by atoms with Crippen molar-refractivity contribution in [1.82, 2.24) is 14.3 Å². The third kappa shape index (κ3) is 2.77. The number of hydrogen-bond donors (Lipinski definition) is 1. The summed E-state index contributed by atoms with van der Waals surface area (Å²) in [6.07, 6.45) is 3.79. The van der Waals surface area contributed by atoms with Crippen molar-refractivity contribution >= 4 is 28.3 Å². The maximum atomic E-state index is 12.1. The predicted octanol–water partition coefficient (Wildman–Crippen LogP) is 2.09. The highest BCUT2D eigenvalue weighted by Gasteiger charge is 2.16. The Labute approximate surface area is 121 Å². The number of anilines is 2. The minimum absolute atomic E-state index is 0.225. The molecule has 3 heterocycles. The molecule has 0 aromatic carbocycles. The zero-order chi connectivity index (χ0) is 13.9. The van der Waals surface area contributed by atoms with Gasteiger partial charge in [0.2, 0.25) is 0 Å². The van der Waals surface area contributed by atoms with Crippen molar-refractivity contribution < 1.29 is 4.79 Å². The van der Waals surface area contributed by atoms with Gasteiger partial charge in [-0.2, -0.15) is 4.37 Å². The molecule has 1 saturated heterocycles. The number of aromatic nitrogens is 3. The molecule has 0 spiro atoms. The van der Waals surface area contributed by atoms with Crippen LogP contribution in [0.25, 0.3) is 0 Å². The molecule has 1 N–H and O–H groups in total. The molecule has 2 aromatic rings. The summed E-state index contributed by atoms with van der Waals surface area (Å²) in [5.74, 6) is 0.597. The van der Waals surface area contributed by atoms with E-state index < -0.39 is 0 Å². The Morgan fingerprint density at radius 3 is 2.80 bits per heavy atom. The lowest BCUT2D eigenvalue weighted by molar-refractivity contribution is 0.102. The van der Waals surface area contributed by atoms with Gasteiger partial charge in [0, 0.05) is 19.2 Å². The molecule has 0 unspecified atom stereocenters. The van der Waals surface area contributed by atoms with Gasteiger partial charge in [-0.15, -0.1) is 0 Å². The molecule has 1 amide bonds. The monoisotopic (exact) mass is 289 g/mol. The summed E-state index contributed by atoms with van der Waals surface area (Å²) >= 11 is 1.27. The number of carbonyl (C=O) groups is 1. The fraction of sp³-hybridized carbons (Fsp3) is 0.385. The molecular formula is C13H15N5OS. The first-order valence-electron chi connectivity index (χ1n) is 6.54. The van der Waals surface area contributed by atoms with Crippen LogP contribution < -0.4 is 10.2 Å². The second-order valence-corrected chi connectivity index (χ2v) is 5.55. The van der Waals surface area contributed by atoms with E-state index >= 15 is 0 Å². The van der Waals surface area contributed by atoms with Crippen LogP contribution in [-0.2, 0) is 0 Å². The average molecular weight is 289 g/mol. The molecule has 0 radical (unpaired) electrons. The molecule has 6 nitrogen and oxygen atoms in total. The molecule has 7 heteroatoms. The Morgan fingerprint density at radius 2 is 2.10 bits per heavy atom. The maximum Gasteiger partial charge on any atom is 0.275 e. The quantitative estimate of drug-likeness (QED) is 0.937. The maximum absolute atomic E-state index is 12.1. The van der Waals surface area contributed by atoms with Crippen LogP contribution in [0.1, 0.15) is 29.0 Å². The number of aryl methyl sites for hydroxylation is 1. The van der Waals surface area contributed by atoms with Gasteiger partial charge in [-0.05, 0) is 37.4 Å². The van der Waals surface area contributed by atoms with Crippen molar-refractivity contribution in [3.8, 4) is 0 Å². The van der Waals surface area contributed by atoms with Gasteiger partial charge < -0.3 is 10.2 Å². The first-order valence-corrected chi connectivity index (χ1v) is 7.31. The van der Waals surface area contributed by atoms with Crippen molar-refractivity contribution in [2.24, 2.45) is 0 Å². The highest BCUT2D eigenvalue weighted by molar-refractivity contribution is 7.10. The van der Waals surface area contributed by atoms with Crippen LogP contribution in [0.2, 0.25) is 0 Å². The Morgan fingerprint density at radius 1 is 1.30 bits per heavy atom. The number of amides is 1. The topological polar surface area (TPSA) is 71.0 Å². The van der Waals surface area contributed by atoms with Gasteiger partial charge in [0.15, 0.2) is 0 Å². The fourth-order valence-electron chi connectivity index (χ4n) is 2.19. The van der Waals surface area contributed by atoms with Crippen LogP contribution in [0.4, 0.5) is 10.8 Å². The summed E-state index contributed by atoms with van der Waals surface area (Å²) in [4.78, 5) is 22.6. The average Bonchev–Trinajstić information content (AvgIpc) is 3.11. The number of carbonyl (C=O) groups excluding carboxylic acids is 1. The minimum Gasteiger partial charge on any atom is -0.357 e.